The molecule has 1 spiro atoms. The normalized spacial score (nSPS) is 19.6. The molecule has 2 aromatic carbocycles. The van der Waals surface area contributed by atoms with E-state index in [1.165, 1.54) is 29.5 Å². The van der Waals surface area contributed by atoms with Crippen LogP contribution in [0.15, 0.2) is 54.6 Å². The topological polar surface area (TPSA) is 49.6 Å². The van der Waals surface area contributed by atoms with Crippen molar-refractivity contribution in [3.8, 4) is 0 Å². The monoisotopic (exact) mass is 391 g/mol. The third-order valence-corrected chi connectivity index (χ3v) is 6.71. The molecule has 2 saturated heterocycles. The summed E-state index contributed by atoms with van der Waals surface area (Å²) in [5.74, 6) is 0.318. The van der Waals surface area contributed by atoms with E-state index in [0.29, 0.717) is 24.3 Å². The van der Waals surface area contributed by atoms with Gasteiger partial charge in [-0.25, -0.2) is 0 Å². The van der Waals surface area contributed by atoms with Crippen LogP contribution in [0.25, 0.3) is 0 Å². The summed E-state index contributed by atoms with van der Waals surface area (Å²) in [6, 6.07) is 19.2. The lowest BCUT2D eigenvalue weighted by atomic mass is 9.72. The molecule has 2 N–H and O–H groups in total. The minimum atomic E-state index is 0.306. The average Bonchev–Trinajstić information content (AvgIpc) is 2.74. The van der Waals surface area contributed by atoms with Crippen molar-refractivity contribution in [3.05, 3.63) is 71.3 Å². The minimum absolute atomic E-state index is 0.306. The van der Waals surface area contributed by atoms with Crippen molar-refractivity contribution < 1.29 is 4.79 Å². The van der Waals surface area contributed by atoms with Crippen molar-refractivity contribution in [1.29, 1.82) is 0 Å². The minimum Gasteiger partial charge on any atom is -0.338 e. The van der Waals surface area contributed by atoms with Gasteiger partial charge in [0.05, 0.1) is 0 Å². The first-order chi connectivity index (χ1) is 14.2. The van der Waals surface area contributed by atoms with Crippen LogP contribution in [0.4, 0.5) is 0 Å². The van der Waals surface area contributed by atoms with E-state index in [0.717, 1.165) is 45.6 Å². The SMILES string of the molecule is NCCc1cccc(CN2CCC3(CCC(=O)N(Cc4ccccc4)C3)CC2)c1. The molecule has 2 fully saturated rings. The Morgan fingerprint density at radius 2 is 1.59 bits per heavy atom. The Morgan fingerprint density at radius 1 is 0.862 bits per heavy atom. The predicted molar refractivity (Wildman–Crippen MR) is 117 cm³/mol. The summed E-state index contributed by atoms with van der Waals surface area (Å²) in [5.41, 5.74) is 9.96. The first-order valence-corrected chi connectivity index (χ1v) is 11.0. The number of carbonyl (C=O) groups is 1. The number of nitrogens with two attached hydrogens (primary N) is 1. The van der Waals surface area contributed by atoms with E-state index in [1.807, 2.05) is 6.07 Å². The van der Waals surface area contributed by atoms with Crippen molar-refractivity contribution in [3.63, 3.8) is 0 Å². The maximum atomic E-state index is 12.5. The molecule has 0 atom stereocenters. The molecule has 154 valence electrons. The van der Waals surface area contributed by atoms with Gasteiger partial charge < -0.3 is 10.6 Å². The molecule has 4 nitrogen and oxygen atoms in total. The molecular weight excluding hydrogens is 358 g/mol. The highest BCUT2D eigenvalue weighted by Gasteiger charge is 2.40. The Bertz CT molecular complexity index is 812. The van der Waals surface area contributed by atoms with Crippen molar-refractivity contribution >= 4 is 5.91 Å². The molecule has 0 aliphatic carbocycles. The van der Waals surface area contributed by atoms with Crippen LogP contribution in [0.5, 0.6) is 0 Å². The summed E-state index contributed by atoms with van der Waals surface area (Å²) >= 11 is 0. The third kappa shape index (κ3) is 5.06. The number of rotatable bonds is 6. The van der Waals surface area contributed by atoms with Crippen LogP contribution in [0, 0.1) is 5.41 Å². The predicted octanol–water partition coefficient (Wildman–Crippen LogP) is 3.59. The summed E-state index contributed by atoms with van der Waals surface area (Å²) in [7, 11) is 0. The smallest absolute Gasteiger partial charge is 0.222 e. The molecule has 0 radical (unpaired) electrons. The fourth-order valence-corrected chi connectivity index (χ4v) is 4.95. The second-order valence-corrected chi connectivity index (χ2v) is 8.87. The van der Waals surface area contributed by atoms with E-state index in [-0.39, 0.29) is 0 Å². The Labute approximate surface area is 174 Å². The zero-order valence-electron chi connectivity index (χ0n) is 17.4. The van der Waals surface area contributed by atoms with Gasteiger partial charge in [-0.05, 0) is 67.4 Å². The van der Waals surface area contributed by atoms with Gasteiger partial charge in [0, 0.05) is 26.1 Å². The number of amides is 1. The molecule has 2 aliphatic heterocycles. The van der Waals surface area contributed by atoms with Crippen LogP contribution in [0.3, 0.4) is 0 Å². The van der Waals surface area contributed by atoms with Crippen LogP contribution in [-0.4, -0.2) is 41.9 Å². The van der Waals surface area contributed by atoms with Gasteiger partial charge in [-0.3, -0.25) is 9.69 Å². The van der Waals surface area contributed by atoms with Gasteiger partial charge in [-0.1, -0.05) is 54.6 Å². The highest BCUT2D eigenvalue weighted by atomic mass is 16.2. The third-order valence-electron chi connectivity index (χ3n) is 6.71. The molecular formula is C25H33N3O. The summed E-state index contributed by atoms with van der Waals surface area (Å²) in [5, 5.41) is 0. The number of piperidine rings is 2. The molecule has 4 heteroatoms. The molecule has 0 saturated carbocycles. The van der Waals surface area contributed by atoms with Crippen molar-refractivity contribution in [2.45, 2.75) is 45.2 Å². The van der Waals surface area contributed by atoms with Crippen LogP contribution in [0.2, 0.25) is 0 Å². The highest BCUT2D eigenvalue weighted by molar-refractivity contribution is 5.77. The van der Waals surface area contributed by atoms with Crippen LogP contribution < -0.4 is 5.73 Å². The fraction of sp³-hybridized carbons (Fsp3) is 0.480. The largest absolute Gasteiger partial charge is 0.338 e. The second kappa shape index (κ2) is 9.10. The molecule has 2 aromatic rings. The summed E-state index contributed by atoms with van der Waals surface area (Å²) < 4.78 is 0. The Morgan fingerprint density at radius 3 is 2.34 bits per heavy atom. The van der Waals surface area contributed by atoms with E-state index in [2.05, 4.69) is 58.3 Å². The standard InChI is InChI=1S/C25H33N3O/c26-14-10-21-7-4-8-23(17-21)18-27-15-12-25(13-16-27)11-9-24(29)28(20-25)19-22-5-2-1-3-6-22/h1-8,17H,9-16,18-20,26H2. The van der Waals surface area contributed by atoms with Crippen molar-refractivity contribution in [2.75, 3.05) is 26.2 Å². The molecule has 0 aromatic heterocycles. The Kier molecular flexibility index (Phi) is 6.31. The molecule has 1 amide bonds. The first-order valence-electron chi connectivity index (χ1n) is 11.0. The molecule has 2 heterocycles. The number of nitrogens with zero attached hydrogens (tertiary/aromatic N) is 2. The quantitative estimate of drug-likeness (QED) is 0.819. The Balaban J connectivity index is 1.34. The molecule has 0 bridgehead atoms. The van der Waals surface area contributed by atoms with Crippen LogP contribution in [0.1, 0.15) is 42.4 Å². The van der Waals surface area contributed by atoms with Gasteiger partial charge in [0.2, 0.25) is 5.91 Å². The van der Waals surface area contributed by atoms with Gasteiger partial charge >= 0.3 is 0 Å². The van der Waals surface area contributed by atoms with Crippen molar-refractivity contribution in [2.24, 2.45) is 11.1 Å². The highest BCUT2D eigenvalue weighted by Crippen LogP contribution is 2.40. The van der Waals surface area contributed by atoms with Gasteiger partial charge in [0.1, 0.15) is 0 Å². The lowest BCUT2D eigenvalue weighted by molar-refractivity contribution is -0.140. The van der Waals surface area contributed by atoms with Gasteiger partial charge in [-0.2, -0.15) is 0 Å². The van der Waals surface area contributed by atoms with E-state index in [9.17, 15) is 4.79 Å². The van der Waals surface area contributed by atoms with Gasteiger partial charge in [0.15, 0.2) is 0 Å². The summed E-state index contributed by atoms with van der Waals surface area (Å²) in [4.78, 5) is 17.2. The number of hydrogen-bond acceptors (Lipinski definition) is 3. The zero-order valence-corrected chi connectivity index (χ0v) is 17.4. The fourth-order valence-electron chi connectivity index (χ4n) is 4.95. The van der Waals surface area contributed by atoms with Gasteiger partial charge in [-0.15, -0.1) is 0 Å². The van der Waals surface area contributed by atoms with Gasteiger partial charge in [0.25, 0.3) is 0 Å². The second-order valence-electron chi connectivity index (χ2n) is 8.87. The zero-order chi connectivity index (χ0) is 20.1. The molecule has 4 rings (SSSR count). The summed E-state index contributed by atoms with van der Waals surface area (Å²) in [6.07, 6.45) is 5.08. The maximum Gasteiger partial charge on any atom is 0.222 e. The molecule has 29 heavy (non-hydrogen) atoms. The summed E-state index contributed by atoms with van der Waals surface area (Å²) in [6.45, 7) is 5.62. The molecule has 2 aliphatic rings. The number of hydrogen-bond donors (Lipinski definition) is 1. The maximum absolute atomic E-state index is 12.5. The first kappa shape index (κ1) is 20.1. The Hall–Kier alpha value is -2.17. The lowest BCUT2D eigenvalue weighted by Gasteiger charge is -2.47. The number of carbonyl (C=O) groups excluding carboxylic acids is 1. The van der Waals surface area contributed by atoms with E-state index >= 15 is 0 Å². The van der Waals surface area contributed by atoms with Crippen LogP contribution >= 0.6 is 0 Å². The van der Waals surface area contributed by atoms with E-state index < -0.39 is 0 Å². The van der Waals surface area contributed by atoms with Crippen LogP contribution in [-0.2, 0) is 24.3 Å². The van der Waals surface area contributed by atoms with Crippen molar-refractivity contribution in [1.82, 2.24) is 9.80 Å². The average molecular weight is 392 g/mol. The number of benzene rings is 2. The number of likely N-dealkylation sites (tertiary alicyclic amines) is 2. The van der Waals surface area contributed by atoms with E-state index in [4.69, 9.17) is 5.73 Å². The molecule has 0 unspecified atom stereocenters. The van der Waals surface area contributed by atoms with E-state index in [1.54, 1.807) is 0 Å². The lowest BCUT2D eigenvalue weighted by Crippen LogP contribution is -2.51.